The topological polar surface area (TPSA) is 91.8 Å². The van der Waals surface area contributed by atoms with Crippen LogP contribution in [0.1, 0.15) is 34.8 Å². The number of nitrogens with zero attached hydrogens (tertiary/aromatic N) is 2. The molecule has 2 aromatic rings. The maximum atomic E-state index is 13.3. The van der Waals surface area contributed by atoms with E-state index in [2.05, 4.69) is 0 Å². The summed E-state index contributed by atoms with van der Waals surface area (Å²) in [6.07, 6.45) is 4.37. The molecule has 1 amide bonds. The van der Waals surface area contributed by atoms with E-state index in [1.807, 2.05) is 6.92 Å². The lowest BCUT2D eigenvalue weighted by Gasteiger charge is -2.30. The zero-order valence-electron chi connectivity index (χ0n) is 17.1. The van der Waals surface area contributed by atoms with Crippen LogP contribution in [0.15, 0.2) is 41.3 Å². The van der Waals surface area contributed by atoms with Crippen molar-refractivity contribution in [3.05, 3.63) is 53.1 Å². The minimum Gasteiger partial charge on any atom is -0.308 e. The number of sulfonamides is 1. The molecule has 0 radical (unpaired) electrons. The third-order valence-electron chi connectivity index (χ3n) is 5.68. The van der Waals surface area contributed by atoms with Gasteiger partial charge in [-0.25, -0.2) is 16.8 Å². The van der Waals surface area contributed by atoms with Crippen LogP contribution in [0, 0.1) is 0 Å². The molecule has 160 valence electrons. The van der Waals surface area contributed by atoms with E-state index >= 15 is 0 Å². The molecular weight excluding hydrogens is 424 g/mol. The molecule has 1 atom stereocenters. The van der Waals surface area contributed by atoms with Crippen molar-refractivity contribution < 1.29 is 21.6 Å². The van der Waals surface area contributed by atoms with Crippen molar-refractivity contribution in [2.45, 2.75) is 37.1 Å². The highest BCUT2D eigenvalue weighted by atomic mass is 32.2. The monoisotopic (exact) mass is 448 g/mol. The summed E-state index contributed by atoms with van der Waals surface area (Å²) in [5.41, 5.74) is 3.53. The SMILES string of the molecule is CC1Cc2cc(C(=O)N3CCCc4cc(S(C)(=O)=O)ccc43)ccc2N1S(C)(=O)=O. The van der Waals surface area contributed by atoms with Crippen LogP contribution in [-0.2, 0) is 32.7 Å². The Morgan fingerprint density at radius 2 is 1.67 bits per heavy atom. The second-order valence-electron chi connectivity index (χ2n) is 8.08. The minimum atomic E-state index is -3.39. The van der Waals surface area contributed by atoms with E-state index < -0.39 is 19.9 Å². The number of amides is 1. The Bertz CT molecular complexity index is 1250. The van der Waals surface area contributed by atoms with Crippen molar-refractivity contribution in [1.29, 1.82) is 0 Å². The zero-order chi connectivity index (χ0) is 21.8. The number of hydrogen-bond acceptors (Lipinski definition) is 5. The van der Waals surface area contributed by atoms with Crippen molar-refractivity contribution >= 4 is 37.1 Å². The number of hydrogen-bond donors (Lipinski definition) is 0. The number of fused-ring (bicyclic) bond motifs is 2. The summed E-state index contributed by atoms with van der Waals surface area (Å²) in [6.45, 7) is 2.40. The standard InChI is InChI=1S/C21H24N2O5S2/c1-14-11-17-12-16(6-8-20(17)23(14)30(3,27)28)21(24)22-10-4-5-15-13-18(29(2,25)26)7-9-19(15)22/h6-9,12-14H,4-5,10-11H2,1-3H3. The van der Waals surface area contributed by atoms with Gasteiger partial charge in [0.05, 0.1) is 16.8 Å². The van der Waals surface area contributed by atoms with Crippen LogP contribution in [0.2, 0.25) is 0 Å². The number of anilines is 2. The van der Waals surface area contributed by atoms with Crippen LogP contribution in [-0.4, -0.2) is 47.8 Å². The fraction of sp³-hybridized carbons (Fsp3) is 0.381. The Balaban J connectivity index is 1.69. The van der Waals surface area contributed by atoms with E-state index in [-0.39, 0.29) is 16.8 Å². The quantitative estimate of drug-likeness (QED) is 0.719. The summed E-state index contributed by atoms with van der Waals surface area (Å²) < 4.78 is 49.4. The van der Waals surface area contributed by atoms with Crippen molar-refractivity contribution in [1.82, 2.24) is 0 Å². The molecule has 0 saturated carbocycles. The van der Waals surface area contributed by atoms with Gasteiger partial charge in [-0.1, -0.05) is 0 Å². The second kappa shape index (κ2) is 7.09. The molecule has 0 N–H and O–H groups in total. The van der Waals surface area contributed by atoms with Crippen LogP contribution in [0.4, 0.5) is 11.4 Å². The average molecular weight is 449 g/mol. The Morgan fingerprint density at radius 3 is 2.33 bits per heavy atom. The summed E-state index contributed by atoms with van der Waals surface area (Å²) in [7, 11) is -6.70. The molecule has 9 heteroatoms. The summed E-state index contributed by atoms with van der Waals surface area (Å²) in [6, 6.07) is 9.83. The van der Waals surface area contributed by atoms with Crippen molar-refractivity contribution in [3.63, 3.8) is 0 Å². The van der Waals surface area contributed by atoms with Gasteiger partial charge in [0.25, 0.3) is 5.91 Å². The van der Waals surface area contributed by atoms with E-state index in [4.69, 9.17) is 0 Å². The lowest BCUT2D eigenvalue weighted by atomic mass is 10.00. The number of benzene rings is 2. The van der Waals surface area contributed by atoms with E-state index in [0.717, 1.165) is 23.2 Å². The van der Waals surface area contributed by atoms with Crippen molar-refractivity contribution in [2.24, 2.45) is 0 Å². The van der Waals surface area contributed by atoms with Gasteiger partial charge in [0, 0.05) is 30.1 Å². The molecular formula is C21H24N2O5S2. The van der Waals surface area contributed by atoms with Crippen LogP contribution >= 0.6 is 0 Å². The van der Waals surface area contributed by atoms with Gasteiger partial charge in [-0.3, -0.25) is 9.10 Å². The smallest absolute Gasteiger partial charge is 0.258 e. The van der Waals surface area contributed by atoms with Gasteiger partial charge in [-0.15, -0.1) is 0 Å². The first-order chi connectivity index (χ1) is 14.0. The minimum absolute atomic E-state index is 0.170. The molecule has 2 aliphatic rings. The number of carbonyl (C=O) groups excluding carboxylic acids is 1. The van der Waals surface area contributed by atoms with Gasteiger partial charge < -0.3 is 4.90 Å². The first-order valence-electron chi connectivity index (χ1n) is 9.74. The van der Waals surface area contributed by atoms with Gasteiger partial charge in [0.1, 0.15) is 0 Å². The fourth-order valence-corrected chi connectivity index (χ4v) is 6.35. The average Bonchev–Trinajstić information content (AvgIpc) is 3.00. The molecule has 2 heterocycles. The summed E-state index contributed by atoms with van der Waals surface area (Å²) in [5, 5.41) is 0. The molecule has 0 saturated heterocycles. The third kappa shape index (κ3) is 3.60. The lowest BCUT2D eigenvalue weighted by Crippen LogP contribution is -2.35. The van der Waals surface area contributed by atoms with E-state index in [1.165, 1.54) is 22.9 Å². The fourth-order valence-electron chi connectivity index (χ4n) is 4.41. The first-order valence-corrected chi connectivity index (χ1v) is 13.5. The van der Waals surface area contributed by atoms with Crippen molar-refractivity contribution in [3.8, 4) is 0 Å². The van der Waals surface area contributed by atoms with Gasteiger partial charge in [-0.05, 0) is 73.7 Å². The molecule has 4 rings (SSSR count). The first kappa shape index (κ1) is 20.9. The maximum absolute atomic E-state index is 13.3. The summed E-state index contributed by atoms with van der Waals surface area (Å²) in [4.78, 5) is 15.2. The lowest BCUT2D eigenvalue weighted by molar-refractivity contribution is 0.0985. The van der Waals surface area contributed by atoms with Gasteiger partial charge >= 0.3 is 0 Å². The van der Waals surface area contributed by atoms with Gasteiger partial charge in [-0.2, -0.15) is 0 Å². The summed E-state index contributed by atoms with van der Waals surface area (Å²) in [5.74, 6) is -0.170. The number of rotatable bonds is 3. The molecule has 0 bridgehead atoms. The molecule has 0 aliphatic carbocycles. The molecule has 7 nitrogen and oxygen atoms in total. The number of aryl methyl sites for hydroxylation is 1. The highest BCUT2D eigenvalue weighted by Gasteiger charge is 2.33. The highest BCUT2D eigenvalue weighted by Crippen LogP contribution is 2.36. The number of carbonyl (C=O) groups is 1. The largest absolute Gasteiger partial charge is 0.308 e. The summed E-state index contributed by atoms with van der Waals surface area (Å²) >= 11 is 0. The molecule has 2 aliphatic heterocycles. The predicted molar refractivity (Wildman–Crippen MR) is 116 cm³/mol. The van der Waals surface area contributed by atoms with Gasteiger partial charge in [0.2, 0.25) is 10.0 Å². The van der Waals surface area contributed by atoms with E-state index in [0.29, 0.717) is 30.6 Å². The van der Waals surface area contributed by atoms with E-state index in [9.17, 15) is 21.6 Å². The van der Waals surface area contributed by atoms with Gasteiger partial charge in [0.15, 0.2) is 9.84 Å². The van der Waals surface area contributed by atoms with Crippen LogP contribution < -0.4 is 9.21 Å². The number of sulfone groups is 1. The Labute approximate surface area is 177 Å². The van der Waals surface area contributed by atoms with Crippen LogP contribution in [0.3, 0.4) is 0 Å². The second-order valence-corrected chi connectivity index (χ2v) is 12.0. The molecule has 0 aromatic heterocycles. The molecule has 30 heavy (non-hydrogen) atoms. The van der Waals surface area contributed by atoms with E-state index in [1.54, 1.807) is 35.2 Å². The molecule has 0 spiro atoms. The highest BCUT2D eigenvalue weighted by molar-refractivity contribution is 7.92. The Kier molecular flexibility index (Phi) is 4.93. The Hall–Kier alpha value is -2.39. The van der Waals surface area contributed by atoms with Crippen LogP contribution in [0.5, 0.6) is 0 Å². The van der Waals surface area contributed by atoms with Crippen LogP contribution in [0.25, 0.3) is 0 Å². The molecule has 2 aromatic carbocycles. The van der Waals surface area contributed by atoms with Crippen molar-refractivity contribution in [2.75, 3.05) is 28.3 Å². The maximum Gasteiger partial charge on any atom is 0.258 e. The molecule has 1 unspecified atom stereocenters. The zero-order valence-corrected chi connectivity index (χ0v) is 18.8. The Morgan fingerprint density at radius 1 is 0.967 bits per heavy atom. The normalized spacial score (nSPS) is 18.8. The predicted octanol–water partition coefficient (Wildman–Crippen LogP) is 2.39. The molecule has 0 fully saturated rings. The third-order valence-corrected chi connectivity index (χ3v) is 8.06.